The van der Waals surface area contributed by atoms with Crippen LogP contribution in [0.25, 0.3) is 0 Å². The Labute approximate surface area is 127 Å². The Balaban J connectivity index is 1.72. The zero-order chi connectivity index (χ0) is 14.4. The van der Waals surface area contributed by atoms with Gasteiger partial charge in [0.25, 0.3) is 0 Å². The lowest BCUT2D eigenvalue weighted by molar-refractivity contribution is 0.0737. The molecule has 0 aliphatic carbocycles. The van der Waals surface area contributed by atoms with Crippen LogP contribution in [0.4, 0.5) is 0 Å². The summed E-state index contributed by atoms with van der Waals surface area (Å²) in [4.78, 5) is 0. The van der Waals surface area contributed by atoms with Crippen molar-refractivity contribution in [1.82, 2.24) is 15.8 Å². The lowest BCUT2D eigenvalue weighted by Crippen LogP contribution is -2.56. The molecule has 1 saturated heterocycles. The van der Waals surface area contributed by atoms with Gasteiger partial charge >= 0.3 is 0 Å². The van der Waals surface area contributed by atoms with Crippen molar-refractivity contribution in [3.63, 3.8) is 0 Å². The molecule has 1 aromatic carbocycles. The van der Waals surface area contributed by atoms with Crippen molar-refractivity contribution in [1.29, 1.82) is 0 Å². The number of thiocarbonyl (C=S) groups is 1. The van der Waals surface area contributed by atoms with Crippen LogP contribution < -0.4 is 10.7 Å². The maximum absolute atomic E-state index is 5.39. The summed E-state index contributed by atoms with van der Waals surface area (Å²) in [5, 5.41) is 6.33. The first-order valence-electron chi connectivity index (χ1n) is 7.53. The van der Waals surface area contributed by atoms with Gasteiger partial charge < -0.3 is 5.32 Å². The number of nitrogens with zero attached hydrogens (tertiary/aromatic N) is 1. The van der Waals surface area contributed by atoms with Crippen LogP contribution in [-0.4, -0.2) is 28.7 Å². The van der Waals surface area contributed by atoms with Gasteiger partial charge in [-0.05, 0) is 50.9 Å². The maximum atomic E-state index is 5.39. The van der Waals surface area contributed by atoms with Crippen LogP contribution in [0, 0.1) is 0 Å². The van der Waals surface area contributed by atoms with Crippen LogP contribution in [0.3, 0.4) is 0 Å². The molecule has 0 amide bonds. The molecule has 3 nitrogen and oxygen atoms in total. The average molecular weight is 291 g/mol. The molecule has 20 heavy (non-hydrogen) atoms. The van der Waals surface area contributed by atoms with Gasteiger partial charge in [0.1, 0.15) is 0 Å². The van der Waals surface area contributed by atoms with E-state index in [-0.39, 0.29) is 0 Å². The monoisotopic (exact) mass is 291 g/mol. The zero-order valence-corrected chi connectivity index (χ0v) is 13.2. The molecule has 0 bridgehead atoms. The van der Waals surface area contributed by atoms with Crippen molar-refractivity contribution in [3.05, 3.63) is 35.9 Å². The standard InChI is InChI=1S/C16H25N3S/c1-13-7-6-8-14(2)19(13)18-16(20)17-12-11-15-9-4-3-5-10-15/h3-5,9-10,13-14H,6-8,11-12H2,1-2H3,(H2,17,18,20). The number of hydrogen-bond acceptors (Lipinski definition) is 2. The summed E-state index contributed by atoms with van der Waals surface area (Å²) in [6.07, 6.45) is 4.79. The number of benzene rings is 1. The largest absolute Gasteiger partial charge is 0.361 e. The van der Waals surface area contributed by atoms with Gasteiger partial charge in [-0.15, -0.1) is 0 Å². The number of hydrogen-bond donors (Lipinski definition) is 2. The first-order chi connectivity index (χ1) is 9.66. The molecular weight excluding hydrogens is 266 g/mol. The second kappa shape index (κ2) is 7.60. The van der Waals surface area contributed by atoms with Crippen LogP contribution in [0.1, 0.15) is 38.7 Å². The SMILES string of the molecule is CC1CCCC(C)N1NC(=S)NCCc1ccccc1. The fourth-order valence-electron chi connectivity index (χ4n) is 2.76. The minimum absolute atomic E-state index is 0.549. The topological polar surface area (TPSA) is 27.3 Å². The van der Waals surface area contributed by atoms with Crippen LogP contribution >= 0.6 is 12.2 Å². The minimum Gasteiger partial charge on any atom is -0.361 e. The fourth-order valence-corrected chi connectivity index (χ4v) is 2.97. The third-order valence-electron chi connectivity index (χ3n) is 3.97. The molecule has 1 heterocycles. The van der Waals surface area contributed by atoms with Gasteiger partial charge in [0.05, 0.1) is 0 Å². The Bertz CT molecular complexity index is 411. The molecule has 0 aromatic heterocycles. The van der Waals surface area contributed by atoms with Gasteiger partial charge in [0.15, 0.2) is 5.11 Å². The Morgan fingerprint density at radius 3 is 2.50 bits per heavy atom. The third-order valence-corrected chi connectivity index (χ3v) is 4.20. The molecular formula is C16H25N3S. The third kappa shape index (κ3) is 4.46. The summed E-state index contributed by atoms with van der Waals surface area (Å²) in [6, 6.07) is 11.6. The number of rotatable bonds is 4. The Morgan fingerprint density at radius 1 is 1.20 bits per heavy atom. The predicted octanol–water partition coefficient (Wildman–Crippen LogP) is 2.87. The van der Waals surface area contributed by atoms with Crippen molar-refractivity contribution >= 4 is 17.3 Å². The molecule has 2 unspecified atom stereocenters. The smallest absolute Gasteiger partial charge is 0.181 e. The lowest BCUT2D eigenvalue weighted by Gasteiger charge is -2.39. The normalized spacial score (nSPS) is 23.3. The van der Waals surface area contributed by atoms with Gasteiger partial charge in [-0.3, -0.25) is 5.43 Å². The van der Waals surface area contributed by atoms with E-state index in [2.05, 4.69) is 53.9 Å². The average Bonchev–Trinajstić information content (AvgIpc) is 2.44. The molecule has 0 radical (unpaired) electrons. The van der Waals surface area contributed by atoms with Gasteiger partial charge in [-0.25, -0.2) is 5.01 Å². The van der Waals surface area contributed by atoms with E-state index in [1.165, 1.54) is 24.8 Å². The summed E-state index contributed by atoms with van der Waals surface area (Å²) in [6.45, 7) is 5.39. The number of piperidine rings is 1. The molecule has 0 spiro atoms. The fraction of sp³-hybridized carbons (Fsp3) is 0.562. The van der Waals surface area contributed by atoms with E-state index in [1.807, 2.05) is 6.07 Å². The molecule has 110 valence electrons. The van der Waals surface area contributed by atoms with E-state index in [4.69, 9.17) is 12.2 Å². The summed E-state index contributed by atoms with van der Waals surface area (Å²) in [5.41, 5.74) is 4.69. The summed E-state index contributed by atoms with van der Waals surface area (Å²) in [5.74, 6) is 0. The molecule has 2 atom stereocenters. The van der Waals surface area contributed by atoms with E-state index >= 15 is 0 Å². The van der Waals surface area contributed by atoms with Gasteiger partial charge in [0.2, 0.25) is 0 Å². The van der Waals surface area contributed by atoms with Crippen LogP contribution in [0.15, 0.2) is 30.3 Å². The molecule has 0 saturated carbocycles. The Kier molecular flexibility index (Phi) is 5.80. The quantitative estimate of drug-likeness (QED) is 0.834. The Hall–Kier alpha value is -1.13. The molecule has 1 aliphatic heterocycles. The van der Waals surface area contributed by atoms with E-state index in [0.29, 0.717) is 12.1 Å². The van der Waals surface area contributed by atoms with Crippen LogP contribution in [0.5, 0.6) is 0 Å². The molecule has 4 heteroatoms. The van der Waals surface area contributed by atoms with E-state index in [1.54, 1.807) is 0 Å². The zero-order valence-electron chi connectivity index (χ0n) is 12.4. The van der Waals surface area contributed by atoms with Crippen molar-refractivity contribution in [3.8, 4) is 0 Å². The Morgan fingerprint density at radius 2 is 1.85 bits per heavy atom. The van der Waals surface area contributed by atoms with E-state index in [0.717, 1.165) is 18.1 Å². The molecule has 2 rings (SSSR count). The summed E-state index contributed by atoms with van der Waals surface area (Å²) < 4.78 is 0. The van der Waals surface area contributed by atoms with E-state index < -0.39 is 0 Å². The second-order valence-corrected chi connectivity index (χ2v) is 6.05. The van der Waals surface area contributed by atoms with E-state index in [9.17, 15) is 0 Å². The van der Waals surface area contributed by atoms with Gasteiger partial charge in [-0.2, -0.15) is 0 Å². The van der Waals surface area contributed by atoms with Crippen molar-refractivity contribution in [2.45, 2.75) is 51.6 Å². The molecule has 1 aromatic rings. The highest BCUT2D eigenvalue weighted by atomic mass is 32.1. The highest BCUT2D eigenvalue weighted by Crippen LogP contribution is 2.19. The first kappa shape index (κ1) is 15.3. The molecule has 1 fully saturated rings. The highest BCUT2D eigenvalue weighted by Gasteiger charge is 2.24. The molecule has 2 N–H and O–H groups in total. The summed E-state index contributed by atoms with van der Waals surface area (Å²) in [7, 11) is 0. The first-order valence-corrected chi connectivity index (χ1v) is 7.94. The lowest BCUT2D eigenvalue weighted by atomic mass is 10.00. The number of hydrazine groups is 1. The summed E-state index contributed by atoms with van der Waals surface area (Å²) >= 11 is 5.39. The van der Waals surface area contributed by atoms with Crippen LogP contribution in [0.2, 0.25) is 0 Å². The second-order valence-electron chi connectivity index (χ2n) is 5.64. The van der Waals surface area contributed by atoms with Gasteiger partial charge in [-0.1, -0.05) is 36.8 Å². The van der Waals surface area contributed by atoms with Crippen molar-refractivity contribution < 1.29 is 0 Å². The maximum Gasteiger partial charge on any atom is 0.181 e. The van der Waals surface area contributed by atoms with Gasteiger partial charge in [0, 0.05) is 18.6 Å². The van der Waals surface area contributed by atoms with Crippen molar-refractivity contribution in [2.75, 3.05) is 6.54 Å². The minimum atomic E-state index is 0.549. The highest BCUT2D eigenvalue weighted by molar-refractivity contribution is 7.80. The van der Waals surface area contributed by atoms with Crippen molar-refractivity contribution in [2.24, 2.45) is 0 Å². The van der Waals surface area contributed by atoms with Crippen LogP contribution in [-0.2, 0) is 6.42 Å². The number of nitrogens with one attached hydrogen (secondary N) is 2. The predicted molar refractivity (Wildman–Crippen MR) is 88.5 cm³/mol. The molecule has 1 aliphatic rings.